The van der Waals surface area contributed by atoms with E-state index in [-0.39, 0.29) is 11.8 Å². The molecule has 0 aliphatic carbocycles. The molecule has 0 saturated carbocycles. The Hall–Kier alpha value is -2.89. The minimum absolute atomic E-state index is 0.0506. The monoisotopic (exact) mass is 335 g/mol. The Bertz CT molecular complexity index is 889. The molecule has 1 aliphatic heterocycles. The van der Waals surface area contributed by atoms with Gasteiger partial charge in [0.15, 0.2) is 5.65 Å². The minimum Gasteiger partial charge on any atom is -0.340 e. The summed E-state index contributed by atoms with van der Waals surface area (Å²) in [6, 6.07) is 15.6. The van der Waals surface area contributed by atoms with E-state index in [1.165, 1.54) is 0 Å². The summed E-state index contributed by atoms with van der Waals surface area (Å²) in [5, 5.41) is 11.6. The van der Waals surface area contributed by atoms with Crippen molar-refractivity contribution in [3.63, 3.8) is 0 Å². The average molecular weight is 335 g/mol. The third kappa shape index (κ3) is 3.07. The van der Waals surface area contributed by atoms with E-state index in [0.717, 1.165) is 42.4 Å². The van der Waals surface area contributed by atoms with Crippen LogP contribution in [0, 0.1) is 12.8 Å². The van der Waals surface area contributed by atoms with Gasteiger partial charge < -0.3 is 10.2 Å². The molecule has 1 aromatic carbocycles. The number of aromatic nitrogens is 3. The summed E-state index contributed by atoms with van der Waals surface area (Å²) < 4.78 is 2.05. The number of aryl methyl sites for hydroxylation is 1. The molecule has 6 heteroatoms. The number of hydrogen-bond donors (Lipinski definition) is 1. The second-order valence-electron chi connectivity index (χ2n) is 6.50. The first-order valence-electron chi connectivity index (χ1n) is 8.64. The number of benzene rings is 1. The van der Waals surface area contributed by atoms with Gasteiger partial charge in [-0.05, 0) is 44.0 Å². The molecule has 128 valence electrons. The molecule has 2 aromatic heterocycles. The maximum absolute atomic E-state index is 12.6. The standard InChI is InChI=1S/C19H21N5O/c1-14-7-5-11-17-21-22-19(24(14)17)23-12-6-8-15(13-23)18(25)20-16-9-3-2-4-10-16/h2-5,7,9-11,15H,6,8,12-13H2,1H3,(H,20,25)/t15-/m0/s1. The molecule has 6 nitrogen and oxygen atoms in total. The highest BCUT2D eigenvalue weighted by molar-refractivity contribution is 5.93. The summed E-state index contributed by atoms with van der Waals surface area (Å²) in [6.07, 6.45) is 1.86. The van der Waals surface area contributed by atoms with Crippen LogP contribution in [-0.2, 0) is 4.79 Å². The predicted octanol–water partition coefficient (Wildman–Crippen LogP) is 2.89. The van der Waals surface area contributed by atoms with Gasteiger partial charge in [0.2, 0.25) is 11.9 Å². The van der Waals surface area contributed by atoms with E-state index in [4.69, 9.17) is 0 Å². The quantitative estimate of drug-likeness (QED) is 0.799. The van der Waals surface area contributed by atoms with Gasteiger partial charge in [0.1, 0.15) is 0 Å². The van der Waals surface area contributed by atoms with E-state index in [9.17, 15) is 4.79 Å². The van der Waals surface area contributed by atoms with Gasteiger partial charge in [-0.2, -0.15) is 0 Å². The number of fused-ring (bicyclic) bond motifs is 1. The second kappa shape index (κ2) is 6.55. The highest BCUT2D eigenvalue weighted by Gasteiger charge is 2.28. The van der Waals surface area contributed by atoms with Crippen molar-refractivity contribution in [3.8, 4) is 0 Å². The van der Waals surface area contributed by atoms with Crippen LogP contribution in [0.25, 0.3) is 5.65 Å². The number of pyridine rings is 1. The molecular weight excluding hydrogens is 314 g/mol. The van der Waals surface area contributed by atoms with Crippen LogP contribution in [0.2, 0.25) is 0 Å². The zero-order valence-electron chi connectivity index (χ0n) is 14.2. The van der Waals surface area contributed by atoms with E-state index in [2.05, 4.69) is 24.8 Å². The van der Waals surface area contributed by atoms with Crippen molar-refractivity contribution < 1.29 is 4.79 Å². The molecule has 1 N–H and O–H groups in total. The van der Waals surface area contributed by atoms with Crippen molar-refractivity contribution in [3.05, 3.63) is 54.2 Å². The number of anilines is 2. The zero-order valence-corrected chi connectivity index (χ0v) is 14.2. The Kier molecular flexibility index (Phi) is 4.09. The van der Waals surface area contributed by atoms with Gasteiger partial charge >= 0.3 is 0 Å². The fourth-order valence-electron chi connectivity index (χ4n) is 3.43. The molecule has 4 rings (SSSR count). The average Bonchev–Trinajstić information content (AvgIpc) is 3.08. The number of nitrogens with zero attached hydrogens (tertiary/aromatic N) is 4. The topological polar surface area (TPSA) is 62.5 Å². The van der Waals surface area contributed by atoms with Gasteiger partial charge in [-0.25, -0.2) is 0 Å². The van der Waals surface area contributed by atoms with Crippen molar-refractivity contribution in [2.45, 2.75) is 19.8 Å². The van der Waals surface area contributed by atoms with Gasteiger partial charge in [-0.1, -0.05) is 24.3 Å². The van der Waals surface area contributed by atoms with Gasteiger partial charge in [0, 0.05) is 24.5 Å². The number of nitrogens with one attached hydrogen (secondary N) is 1. The summed E-state index contributed by atoms with van der Waals surface area (Å²) in [5.41, 5.74) is 2.77. The maximum atomic E-state index is 12.6. The smallest absolute Gasteiger partial charge is 0.231 e. The Morgan fingerprint density at radius 3 is 2.80 bits per heavy atom. The van der Waals surface area contributed by atoms with Crippen LogP contribution in [0.5, 0.6) is 0 Å². The molecule has 0 unspecified atom stereocenters. The normalized spacial score (nSPS) is 17.6. The first kappa shape index (κ1) is 15.6. The lowest BCUT2D eigenvalue weighted by atomic mass is 9.97. The van der Waals surface area contributed by atoms with Crippen LogP contribution in [0.4, 0.5) is 11.6 Å². The fourth-order valence-corrected chi connectivity index (χ4v) is 3.43. The third-order valence-electron chi connectivity index (χ3n) is 4.72. The molecule has 0 spiro atoms. The van der Waals surface area contributed by atoms with Crippen LogP contribution in [0.15, 0.2) is 48.5 Å². The molecular formula is C19H21N5O. The van der Waals surface area contributed by atoms with Crippen molar-refractivity contribution in [1.29, 1.82) is 0 Å². The van der Waals surface area contributed by atoms with E-state index < -0.39 is 0 Å². The van der Waals surface area contributed by atoms with E-state index in [1.54, 1.807) is 0 Å². The Morgan fingerprint density at radius 1 is 1.12 bits per heavy atom. The van der Waals surface area contributed by atoms with Crippen LogP contribution < -0.4 is 10.2 Å². The molecule has 1 aliphatic rings. The highest BCUT2D eigenvalue weighted by atomic mass is 16.1. The van der Waals surface area contributed by atoms with E-state index in [0.29, 0.717) is 6.54 Å². The summed E-state index contributed by atoms with van der Waals surface area (Å²) in [4.78, 5) is 14.8. The molecule has 3 heterocycles. The molecule has 1 saturated heterocycles. The van der Waals surface area contributed by atoms with Crippen LogP contribution in [0.1, 0.15) is 18.5 Å². The van der Waals surface area contributed by atoms with Gasteiger partial charge in [0.05, 0.1) is 5.92 Å². The van der Waals surface area contributed by atoms with Crippen molar-refractivity contribution in [2.75, 3.05) is 23.3 Å². The number of rotatable bonds is 3. The van der Waals surface area contributed by atoms with Crippen molar-refractivity contribution >= 4 is 23.2 Å². The number of hydrogen-bond acceptors (Lipinski definition) is 4. The zero-order chi connectivity index (χ0) is 17.2. The Balaban J connectivity index is 1.53. The number of piperidine rings is 1. The van der Waals surface area contributed by atoms with Crippen LogP contribution >= 0.6 is 0 Å². The second-order valence-corrected chi connectivity index (χ2v) is 6.50. The third-order valence-corrected chi connectivity index (χ3v) is 4.72. The summed E-state index contributed by atoms with van der Waals surface area (Å²) in [5.74, 6) is 0.845. The number of carbonyl (C=O) groups excluding carboxylic acids is 1. The summed E-state index contributed by atoms with van der Waals surface area (Å²) in [7, 11) is 0. The Labute approximate surface area is 146 Å². The highest BCUT2D eigenvalue weighted by Crippen LogP contribution is 2.24. The van der Waals surface area contributed by atoms with E-state index in [1.807, 2.05) is 55.5 Å². The van der Waals surface area contributed by atoms with Crippen LogP contribution in [-0.4, -0.2) is 33.6 Å². The van der Waals surface area contributed by atoms with Gasteiger partial charge in [-0.3, -0.25) is 9.20 Å². The predicted molar refractivity (Wildman–Crippen MR) is 97.7 cm³/mol. The lowest BCUT2D eigenvalue weighted by molar-refractivity contribution is -0.120. The molecule has 0 radical (unpaired) electrons. The molecule has 25 heavy (non-hydrogen) atoms. The first-order valence-corrected chi connectivity index (χ1v) is 8.64. The fraction of sp³-hybridized carbons (Fsp3) is 0.316. The molecule has 1 amide bonds. The number of amides is 1. The lowest BCUT2D eigenvalue weighted by Gasteiger charge is -2.32. The van der Waals surface area contributed by atoms with Gasteiger partial charge in [0.25, 0.3) is 0 Å². The first-order chi connectivity index (χ1) is 12.2. The number of carbonyl (C=O) groups is 1. The maximum Gasteiger partial charge on any atom is 0.231 e. The van der Waals surface area contributed by atoms with Gasteiger partial charge in [-0.15, -0.1) is 10.2 Å². The van der Waals surface area contributed by atoms with E-state index >= 15 is 0 Å². The molecule has 0 bridgehead atoms. The summed E-state index contributed by atoms with van der Waals surface area (Å²) in [6.45, 7) is 3.60. The molecule has 1 atom stereocenters. The lowest BCUT2D eigenvalue weighted by Crippen LogP contribution is -2.41. The molecule has 3 aromatic rings. The Morgan fingerprint density at radius 2 is 1.96 bits per heavy atom. The molecule has 1 fully saturated rings. The summed E-state index contributed by atoms with van der Waals surface area (Å²) >= 11 is 0. The minimum atomic E-state index is -0.0506. The largest absolute Gasteiger partial charge is 0.340 e. The van der Waals surface area contributed by atoms with Crippen molar-refractivity contribution in [1.82, 2.24) is 14.6 Å². The SMILES string of the molecule is Cc1cccc2nnc(N3CCC[C@H](C(=O)Nc4ccccc4)C3)n12. The van der Waals surface area contributed by atoms with Crippen molar-refractivity contribution in [2.24, 2.45) is 5.92 Å². The van der Waals surface area contributed by atoms with Crippen LogP contribution in [0.3, 0.4) is 0 Å². The number of para-hydroxylation sites is 1.